The molecular formula is C11H13N3O4S. The van der Waals surface area contributed by atoms with E-state index in [9.17, 15) is 9.59 Å². The Morgan fingerprint density at radius 2 is 2.47 bits per heavy atom. The number of hydrogen-bond donors (Lipinski definition) is 1. The summed E-state index contributed by atoms with van der Waals surface area (Å²) in [6.07, 6.45) is 2.48. The number of oxime groups is 1. The molecule has 0 aliphatic heterocycles. The molecule has 0 aromatic carbocycles. The van der Waals surface area contributed by atoms with Gasteiger partial charge >= 0.3 is 5.97 Å². The maximum Gasteiger partial charge on any atom is 0.362 e. The van der Waals surface area contributed by atoms with Crippen LogP contribution in [-0.4, -0.2) is 35.8 Å². The van der Waals surface area contributed by atoms with Gasteiger partial charge in [0.05, 0.1) is 6.61 Å². The number of carbonyl (C=O) groups is 2. The molecule has 7 nitrogen and oxygen atoms in total. The molecule has 102 valence electrons. The number of esters is 1. The number of nitrogens with zero attached hydrogens (tertiary/aromatic N) is 2. The van der Waals surface area contributed by atoms with Gasteiger partial charge in [-0.05, 0) is 19.8 Å². The lowest BCUT2D eigenvalue weighted by molar-refractivity contribution is -0.135. The van der Waals surface area contributed by atoms with Gasteiger partial charge < -0.3 is 14.9 Å². The van der Waals surface area contributed by atoms with Crippen molar-refractivity contribution in [3.63, 3.8) is 0 Å². The predicted molar refractivity (Wildman–Crippen MR) is 69.1 cm³/mol. The Labute approximate surface area is 113 Å². The van der Waals surface area contributed by atoms with E-state index < -0.39 is 5.97 Å². The minimum Gasteiger partial charge on any atom is -0.461 e. The molecule has 1 aromatic heterocycles. The smallest absolute Gasteiger partial charge is 0.362 e. The molecule has 0 radical (unpaired) electrons. The molecular weight excluding hydrogens is 270 g/mol. The van der Waals surface area contributed by atoms with E-state index in [4.69, 9.17) is 9.57 Å². The Balaban J connectivity index is 2.16. The van der Waals surface area contributed by atoms with Gasteiger partial charge in [0.25, 0.3) is 0 Å². The average Bonchev–Trinajstić information content (AvgIpc) is 3.10. The first kappa shape index (κ1) is 13.5. The first-order valence-electron chi connectivity index (χ1n) is 5.81. The van der Waals surface area contributed by atoms with Crippen molar-refractivity contribution in [2.75, 3.05) is 11.9 Å². The topological polar surface area (TPSA) is 89.9 Å². The minimum atomic E-state index is -0.592. The fraction of sp³-hybridized carbons (Fsp3) is 0.455. The van der Waals surface area contributed by atoms with Gasteiger partial charge in [-0.3, -0.25) is 4.79 Å². The molecule has 1 aromatic rings. The maximum atomic E-state index is 11.8. The summed E-state index contributed by atoms with van der Waals surface area (Å²) in [6, 6.07) is 0. The fourth-order valence-corrected chi connectivity index (χ4v) is 1.84. The van der Waals surface area contributed by atoms with Gasteiger partial charge in [-0.15, -0.1) is 11.3 Å². The molecule has 2 rings (SSSR count). The van der Waals surface area contributed by atoms with Crippen molar-refractivity contribution < 1.29 is 19.2 Å². The number of carbonyl (C=O) groups excluding carboxylic acids is 2. The van der Waals surface area contributed by atoms with E-state index in [0.717, 1.165) is 12.8 Å². The number of hydrogen-bond acceptors (Lipinski definition) is 7. The quantitative estimate of drug-likeness (QED) is 0.351. The van der Waals surface area contributed by atoms with Crippen molar-refractivity contribution in [1.82, 2.24) is 4.98 Å². The van der Waals surface area contributed by atoms with Gasteiger partial charge in [0, 0.05) is 5.38 Å². The highest BCUT2D eigenvalue weighted by Crippen LogP contribution is 2.24. The van der Waals surface area contributed by atoms with Crippen molar-refractivity contribution >= 4 is 34.6 Å². The van der Waals surface area contributed by atoms with Gasteiger partial charge in [-0.25, -0.2) is 9.78 Å². The van der Waals surface area contributed by atoms with Crippen molar-refractivity contribution in [2.24, 2.45) is 5.16 Å². The average molecular weight is 283 g/mol. The number of ether oxygens (including phenoxy) is 1. The van der Waals surface area contributed by atoms with E-state index >= 15 is 0 Å². The Hall–Kier alpha value is -1.96. The summed E-state index contributed by atoms with van der Waals surface area (Å²) in [5.41, 5.74) is 0.345. The van der Waals surface area contributed by atoms with Crippen LogP contribution in [0.1, 0.15) is 25.5 Å². The molecule has 1 saturated carbocycles. The van der Waals surface area contributed by atoms with Crippen molar-refractivity contribution in [3.05, 3.63) is 11.1 Å². The second-order valence-corrected chi connectivity index (χ2v) is 4.62. The van der Waals surface area contributed by atoms with Gasteiger partial charge in [0.15, 0.2) is 5.13 Å². The van der Waals surface area contributed by atoms with E-state index in [2.05, 4.69) is 15.5 Å². The summed E-state index contributed by atoms with van der Waals surface area (Å²) in [5.74, 6) is -0.592. The molecule has 1 aliphatic rings. The molecule has 8 heteroatoms. The van der Waals surface area contributed by atoms with Crippen LogP contribution >= 0.6 is 11.3 Å². The molecule has 19 heavy (non-hydrogen) atoms. The van der Waals surface area contributed by atoms with E-state index in [0.29, 0.717) is 17.2 Å². The monoisotopic (exact) mass is 283 g/mol. The van der Waals surface area contributed by atoms with Crippen LogP contribution in [0.4, 0.5) is 5.13 Å². The highest BCUT2D eigenvalue weighted by Gasteiger charge is 2.26. The Bertz CT molecular complexity index is 496. The minimum absolute atomic E-state index is 0.0175. The normalized spacial score (nSPS) is 14.9. The van der Waals surface area contributed by atoms with Crippen molar-refractivity contribution in [3.8, 4) is 0 Å². The van der Waals surface area contributed by atoms with E-state index in [1.165, 1.54) is 11.3 Å². The zero-order valence-corrected chi connectivity index (χ0v) is 11.1. The summed E-state index contributed by atoms with van der Waals surface area (Å²) < 4.78 is 4.91. The van der Waals surface area contributed by atoms with Gasteiger partial charge in [0.2, 0.25) is 12.1 Å². The molecule has 0 atom stereocenters. The van der Waals surface area contributed by atoms with Crippen LogP contribution in [0.25, 0.3) is 0 Å². The molecule has 1 aliphatic carbocycles. The summed E-state index contributed by atoms with van der Waals surface area (Å²) >= 11 is 1.19. The van der Waals surface area contributed by atoms with Gasteiger partial charge in [-0.2, -0.15) is 0 Å². The molecule has 0 spiro atoms. The number of nitrogens with one attached hydrogen (secondary N) is 1. The molecule has 1 N–H and O–H groups in total. The largest absolute Gasteiger partial charge is 0.461 e. The first-order valence-corrected chi connectivity index (χ1v) is 6.69. The van der Waals surface area contributed by atoms with Crippen LogP contribution in [0.15, 0.2) is 10.5 Å². The summed E-state index contributed by atoms with van der Waals surface area (Å²) in [4.78, 5) is 31.3. The van der Waals surface area contributed by atoms with Crippen LogP contribution < -0.4 is 5.32 Å². The van der Waals surface area contributed by atoms with E-state index in [1.807, 2.05) is 0 Å². The van der Waals surface area contributed by atoms with Crippen molar-refractivity contribution in [2.45, 2.75) is 25.9 Å². The third kappa shape index (κ3) is 3.75. The third-order valence-corrected chi connectivity index (χ3v) is 2.99. The molecule has 1 heterocycles. The highest BCUT2D eigenvalue weighted by atomic mass is 32.1. The summed E-state index contributed by atoms with van der Waals surface area (Å²) in [7, 11) is 0. The van der Waals surface area contributed by atoms with E-state index in [1.54, 1.807) is 12.3 Å². The predicted octanol–water partition coefficient (Wildman–Crippen LogP) is 1.16. The zero-order chi connectivity index (χ0) is 13.7. The van der Waals surface area contributed by atoms with Crippen LogP contribution in [-0.2, 0) is 19.2 Å². The van der Waals surface area contributed by atoms with Crippen LogP contribution in [0.5, 0.6) is 0 Å². The number of rotatable bonds is 7. The molecule has 1 fully saturated rings. The zero-order valence-electron chi connectivity index (χ0n) is 10.3. The molecule has 0 unspecified atom stereocenters. The maximum absolute atomic E-state index is 11.8. The van der Waals surface area contributed by atoms with Crippen molar-refractivity contribution in [1.29, 1.82) is 0 Å². The van der Waals surface area contributed by atoms with Gasteiger partial charge in [0.1, 0.15) is 11.8 Å². The van der Waals surface area contributed by atoms with E-state index in [-0.39, 0.29) is 18.4 Å². The van der Waals surface area contributed by atoms with Crippen LogP contribution in [0, 0.1) is 0 Å². The standard InChI is InChI=1S/C11H13N3O4S/c1-2-17-10(16)9(14-18-7-3-4-7)8-5-19-11(13-8)12-6-15/h5-7H,2-4H2,1H3,(H,12,13,15). The Morgan fingerprint density at radius 1 is 1.68 bits per heavy atom. The van der Waals surface area contributed by atoms with Crippen LogP contribution in [0.2, 0.25) is 0 Å². The second kappa shape index (κ2) is 6.28. The SMILES string of the molecule is CCOC(=O)C(=NOC1CC1)c1csc(NC=O)n1. The number of anilines is 1. The number of aromatic nitrogens is 1. The molecule has 0 saturated heterocycles. The summed E-state index contributed by atoms with van der Waals surface area (Å²) in [5, 5.41) is 8.22. The lowest BCUT2D eigenvalue weighted by Gasteiger charge is -2.03. The Morgan fingerprint density at radius 3 is 3.11 bits per heavy atom. The van der Waals surface area contributed by atoms with Crippen LogP contribution in [0.3, 0.4) is 0 Å². The number of thiazole rings is 1. The third-order valence-electron chi connectivity index (χ3n) is 2.22. The number of amides is 1. The lowest BCUT2D eigenvalue weighted by atomic mass is 10.3. The molecule has 0 bridgehead atoms. The second-order valence-electron chi connectivity index (χ2n) is 3.77. The molecule has 1 amide bonds. The lowest BCUT2D eigenvalue weighted by Crippen LogP contribution is -2.20. The Kier molecular flexibility index (Phi) is 4.45. The summed E-state index contributed by atoms with van der Waals surface area (Å²) in [6.45, 7) is 1.95. The highest BCUT2D eigenvalue weighted by molar-refractivity contribution is 7.14. The van der Waals surface area contributed by atoms with Gasteiger partial charge in [-0.1, -0.05) is 5.16 Å². The first-order chi connectivity index (χ1) is 9.24. The fourth-order valence-electron chi connectivity index (χ4n) is 1.19.